The molecule has 0 aliphatic carbocycles. The summed E-state index contributed by atoms with van der Waals surface area (Å²) in [6.45, 7) is 11.1. The molecule has 0 spiro atoms. The maximum absolute atomic E-state index is 10.9. The highest BCUT2D eigenvalue weighted by Crippen LogP contribution is 2.42. The Morgan fingerprint density at radius 1 is 0.826 bits per heavy atom. The van der Waals surface area contributed by atoms with E-state index in [1.165, 1.54) is 0 Å². The molecule has 0 radical (unpaired) electrons. The van der Waals surface area contributed by atoms with Crippen LogP contribution in [0.2, 0.25) is 0 Å². The average molecular weight is 324 g/mol. The zero-order chi connectivity index (χ0) is 18.1. The van der Waals surface area contributed by atoms with Gasteiger partial charge < -0.3 is 20.4 Å². The molecule has 1 rings (SSSR count). The summed E-state index contributed by atoms with van der Waals surface area (Å²) in [7, 11) is 0. The van der Waals surface area contributed by atoms with Crippen molar-refractivity contribution < 1.29 is 20.4 Å². The van der Waals surface area contributed by atoms with E-state index in [0.29, 0.717) is 5.56 Å². The average Bonchev–Trinajstić information content (AvgIpc) is 2.47. The van der Waals surface area contributed by atoms with Gasteiger partial charge in [0.15, 0.2) is 0 Å². The normalized spacial score (nSPS) is 14.9. The van der Waals surface area contributed by atoms with Crippen LogP contribution in [0.5, 0.6) is 0 Å². The van der Waals surface area contributed by atoms with Gasteiger partial charge in [0, 0.05) is 0 Å². The molecule has 0 aliphatic heterocycles. The highest BCUT2D eigenvalue weighted by Gasteiger charge is 2.40. The first-order chi connectivity index (χ1) is 10.4. The molecule has 0 aromatic heterocycles. The van der Waals surface area contributed by atoms with Crippen molar-refractivity contribution in [3.8, 4) is 0 Å². The molecule has 1 atom stereocenters. The third kappa shape index (κ3) is 3.94. The molecular formula is C19H32O4. The van der Waals surface area contributed by atoms with Crippen molar-refractivity contribution in [1.29, 1.82) is 0 Å². The van der Waals surface area contributed by atoms with Crippen LogP contribution in [0.4, 0.5) is 0 Å². The predicted molar refractivity (Wildman–Crippen MR) is 92.5 cm³/mol. The van der Waals surface area contributed by atoms with Gasteiger partial charge in [-0.1, -0.05) is 59.7 Å². The highest BCUT2D eigenvalue weighted by molar-refractivity contribution is 5.45. The van der Waals surface area contributed by atoms with Crippen LogP contribution >= 0.6 is 0 Å². The second-order valence-corrected chi connectivity index (χ2v) is 8.51. The van der Waals surface area contributed by atoms with E-state index < -0.39 is 31.3 Å². The molecule has 4 N–H and O–H groups in total. The van der Waals surface area contributed by atoms with Gasteiger partial charge in [0.1, 0.15) is 0 Å². The number of hydrogen-bond acceptors (Lipinski definition) is 4. The van der Waals surface area contributed by atoms with E-state index in [4.69, 9.17) is 0 Å². The fourth-order valence-electron chi connectivity index (χ4n) is 3.00. The molecule has 0 fully saturated rings. The van der Waals surface area contributed by atoms with E-state index in [1.54, 1.807) is 0 Å². The molecule has 4 nitrogen and oxygen atoms in total. The molecule has 1 aromatic carbocycles. The van der Waals surface area contributed by atoms with E-state index in [-0.39, 0.29) is 10.8 Å². The summed E-state index contributed by atoms with van der Waals surface area (Å²) in [5.41, 5.74) is 1.06. The Bertz CT molecular complexity index is 511. The van der Waals surface area contributed by atoms with Crippen molar-refractivity contribution >= 4 is 0 Å². The molecule has 0 aliphatic rings. The number of rotatable bonds is 5. The minimum atomic E-state index is -1.36. The van der Waals surface area contributed by atoms with Gasteiger partial charge in [-0.3, -0.25) is 0 Å². The van der Waals surface area contributed by atoms with Gasteiger partial charge >= 0.3 is 0 Å². The van der Waals surface area contributed by atoms with E-state index in [9.17, 15) is 20.4 Å². The number of benzene rings is 1. The molecular weight excluding hydrogens is 292 g/mol. The first kappa shape index (κ1) is 20.1. The monoisotopic (exact) mass is 324 g/mol. The van der Waals surface area contributed by atoms with Gasteiger partial charge in [-0.2, -0.15) is 0 Å². The SMILES string of the molecule is CC(C)(C)c1cccc(C(O)C(CO)(CO)CO)c1C(C)(C)C. The number of aliphatic hydroxyl groups is 4. The molecule has 4 heteroatoms. The van der Waals surface area contributed by atoms with Gasteiger partial charge in [0.25, 0.3) is 0 Å². The fourth-order valence-corrected chi connectivity index (χ4v) is 3.00. The lowest BCUT2D eigenvalue weighted by atomic mass is 9.69. The first-order valence-corrected chi connectivity index (χ1v) is 8.09. The Kier molecular flexibility index (Phi) is 6.03. The Labute approximate surface area is 139 Å². The van der Waals surface area contributed by atoms with Gasteiger partial charge in [0.2, 0.25) is 0 Å². The smallest absolute Gasteiger partial charge is 0.0915 e. The molecule has 0 saturated carbocycles. The van der Waals surface area contributed by atoms with E-state index in [0.717, 1.165) is 11.1 Å². The van der Waals surface area contributed by atoms with Gasteiger partial charge in [-0.25, -0.2) is 0 Å². The zero-order valence-corrected chi connectivity index (χ0v) is 15.2. The largest absolute Gasteiger partial charge is 0.395 e. The van der Waals surface area contributed by atoms with Crippen LogP contribution in [0, 0.1) is 5.41 Å². The summed E-state index contributed by atoms with van der Waals surface area (Å²) in [6.07, 6.45) is -1.15. The van der Waals surface area contributed by atoms with Crippen molar-refractivity contribution in [2.45, 2.75) is 58.5 Å². The van der Waals surface area contributed by atoms with Gasteiger partial charge in [-0.15, -0.1) is 0 Å². The molecule has 23 heavy (non-hydrogen) atoms. The van der Waals surface area contributed by atoms with Crippen molar-refractivity contribution in [3.05, 3.63) is 34.9 Å². The fraction of sp³-hybridized carbons (Fsp3) is 0.684. The zero-order valence-electron chi connectivity index (χ0n) is 15.2. The van der Waals surface area contributed by atoms with Crippen molar-refractivity contribution in [2.75, 3.05) is 19.8 Å². The van der Waals surface area contributed by atoms with Crippen LogP contribution in [-0.2, 0) is 10.8 Å². The summed E-state index contributed by atoms with van der Waals surface area (Å²) in [4.78, 5) is 0. The Balaban J connectivity index is 3.66. The lowest BCUT2D eigenvalue weighted by molar-refractivity contribution is -0.0857. The van der Waals surface area contributed by atoms with Crippen molar-refractivity contribution in [3.63, 3.8) is 0 Å². The number of aliphatic hydroxyl groups excluding tert-OH is 4. The van der Waals surface area contributed by atoms with Crippen LogP contribution in [0.25, 0.3) is 0 Å². The molecule has 0 saturated heterocycles. The van der Waals surface area contributed by atoms with Crippen molar-refractivity contribution in [2.24, 2.45) is 5.41 Å². The molecule has 1 unspecified atom stereocenters. The number of hydrogen-bond donors (Lipinski definition) is 4. The van der Waals surface area contributed by atoms with Crippen LogP contribution < -0.4 is 0 Å². The third-order valence-electron chi connectivity index (χ3n) is 4.47. The summed E-state index contributed by atoms with van der Waals surface area (Å²) in [5.74, 6) is 0. The minimum absolute atomic E-state index is 0.112. The standard InChI is InChI=1S/C19H32O4/c1-17(2,3)14-9-7-8-13(15(14)18(4,5)6)16(23)19(10-20,11-21)12-22/h7-9,16,20-23H,10-12H2,1-6H3. The quantitative estimate of drug-likeness (QED) is 0.670. The van der Waals surface area contributed by atoms with E-state index in [2.05, 4.69) is 47.6 Å². The minimum Gasteiger partial charge on any atom is -0.395 e. The van der Waals surface area contributed by atoms with Gasteiger partial charge in [0.05, 0.1) is 31.3 Å². The molecule has 0 bridgehead atoms. The summed E-state index contributed by atoms with van der Waals surface area (Å²) >= 11 is 0. The van der Waals surface area contributed by atoms with Crippen LogP contribution in [0.1, 0.15) is 64.3 Å². The second kappa shape index (κ2) is 6.89. The molecule has 0 heterocycles. The maximum atomic E-state index is 10.9. The predicted octanol–water partition coefficient (Wildman–Crippen LogP) is 2.28. The second-order valence-electron chi connectivity index (χ2n) is 8.51. The molecule has 132 valence electrons. The Morgan fingerprint density at radius 3 is 1.65 bits per heavy atom. The van der Waals surface area contributed by atoms with E-state index in [1.807, 2.05) is 12.1 Å². The Hall–Kier alpha value is -0.940. The maximum Gasteiger partial charge on any atom is 0.0915 e. The summed E-state index contributed by atoms with van der Waals surface area (Å²) in [5, 5.41) is 39.8. The lowest BCUT2D eigenvalue weighted by Gasteiger charge is -2.38. The topological polar surface area (TPSA) is 80.9 Å². The van der Waals surface area contributed by atoms with Crippen LogP contribution in [0.3, 0.4) is 0 Å². The summed E-state index contributed by atoms with van der Waals surface area (Å²) < 4.78 is 0. The molecule has 1 aromatic rings. The first-order valence-electron chi connectivity index (χ1n) is 8.09. The Morgan fingerprint density at radius 2 is 1.30 bits per heavy atom. The summed E-state index contributed by atoms with van der Waals surface area (Å²) in [6, 6.07) is 5.75. The van der Waals surface area contributed by atoms with Gasteiger partial charge in [-0.05, 0) is 27.5 Å². The van der Waals surface area contributed by atoms with Crippen LogP contribution in [0.15, 0.2) is 18.2 Å². The lowest BCUT2D eigenvalue weighted by Crippen LogP contribution is -2.41. The van der Waals surface area contributed by atoms with Crippen LogP contribution in [-0.4, -0.2) is 40.2 Å². The van der Waals surface area contributed by atoms with E-state index >= 15 is 0 Å². The van der Waals surface area contributed by atoms with Crippen molar-refractivity contribution in [1.82, 2.24) is 0 Å². The third-order valence-corrected chi connectivity index (χ3v) is 4.47. The molecule has 0 amide bonds. The highest BCUT2D eigenvalue weighted by atomic mass is 16.3.